The molecule has 2 heterocycles. The van der Waals surface area contributed by atoms with E-state index in [1.807, 2.05) is 6.07 Å². The predicted molar refractivity (Wildman–Crippen MR) is 99.0 cm³/mol. The maximum atomic E-state index is 12.4. The normalized spacial score (nSPS) is 15.6. The number of benzene rings is 1. The molecule has 1 aliphatic carbocycles. The Morgan fingerprint density at radius 2 is 1.88 bits per heavy atom. The number of ether oxygens (including phenoxy) is 1. The Morgan fingerprint density at radius 1 is 1.04 bits per heavy atom. The van der Waals surface area contributed by atoms with Crippen LogP contribution in [0.3, 0.4) is 0 Å². The minimum Gasteiger partial charge on any atom is -0.453 e. The molecule has 134 valence electrons. The van der Waals surface area contributed by atoms with Gasteiger partial charge in [0.2, 0.25) is 5.91 Å². The van der Waals surface area contributed by atoms with Crippen LogP contribution < -0.4 is 5.32 Å². The summed E-state index contributed by atoms with van der Waals surface area (Å²) in [5, 5.41) is 2.79. The van der Waals surface area contributed by atoms with Gasteiger partial charge in [0.1, 0.15) is 4.88 Å². The van der Waals surface area contributed by atoms with E-state index in [0.717, 1.165) is 30.5 Å². The summed E-state index contributed by atoms with van der Waals surface area (Å²) in [6.07, 6.45) is 5.40. The highest BCUT2D eigenvalue weighted by atomic mass is 32.1. The quantitative estimate of drug-likeness (QED) is 0.661. The number of aryl methyl sites for hydroxylation is 3. The van der Waals surface area contributed by atoms with Crippen molar-refractivity contribution in [2.75, 3.05) is 11.9 Å². The van der Waals surface area contributed by atoms with Crippen LogP contribution in [0.25, 0.3) is 0 Å². The topological polar surface area (TPSA) is 72.5 Å². The molecular weight excluding hydrogens is 350 g/mol. The fourth-order valence-electron chi connectivity index (χ4n) is 3.43. The summed E-state index contributed by atoms with van der Waals surface area (Å²) in [6, 6.07) is 7.07. The first-order valence-electron chi connectivity index (χ1n) is 8.85. The summed E-state index contributed by atoms with van der Waals surface area (Å²) < 4.78 is 5.24. The average molecular weight is 369 g/mol. The van der Waals surface area contributed by atoms with Gasteiger partial charge >= 0.3 is 5.97 Å². The van der Waals surface area contributed by atoms with E-state index in [2.05, 4.69) is 5.32 Å². The van der Waals surface area contributed by atoms with Crippen molar-refractivity contribution >= 4 is 34.7 Å². The van der Waals surface area contributed by atoms with Crippen molar-refractivity contribution in [1.29, 1.82) is 0 Å². The first kappa shape index (κ1) is 17.0. The van der Waals surface area contributed by atoms with Gasteiger partial charge in [-0.05, 0) is 67.5 Å². The minimum absolute atomic E-state index is 0.0100. The molecule has 0 unspecified atom stereocenters. The maximum Gasteiger partial charge on any atom is 0.348 e. The Morgan fingerprint density at radius 3 is 2.73 bits per heavy atom. The molecule has 2 aromatic rings. The molecule has 1 amide bonds. The van der Waals surface area contributed by atoms with Gasteiger partial charge in [0.15, 0.2) is 12.4 Å². The number of carbonyl (C=O) groups excluding carboxylic acids is 3. The Balaban J connectivity index is 1.40. The van der Waals surface area contributed by atoms with Gasteiger partial charge < -0.3 is 10.1 Å². The van der Waals surface area contributed by atoms with Crippen LogP contribution in [0, 0.1) is 0 Å². The summed E-state index contributed by atoms with van der Waals surface area (Å²) in [5.74, 6) is -0.675. The number of nitrogens with one attached hydrogen (secondary N) is 1. The average Bonchev–Trinajstić information content (AvgIpc) is 3.09. The van der Waals surface area contributed by atoms with Crippen molar-refractivity contribution in [3.63, 3.8) is 0 Å². The second kappa shape index (κ2) is 7.03. The van der Waals surface area contributed by atoms with E-state index in [9.17, 15) is 14.4 Å². The summed E-state index contributed by atoms with van der Waals surface area (Å²) in [5.41, 5.74) is 3.43. The minimum atomic E-state index is -0.428. The van der Waals surface area contributed by atoms with Crippen LogP contribution in [0.1, 0.15) is 55.3 Å². The van der Waals surface area contributed by atoms with Gasteiger partial charge in [-0.25, -0.2) is 4.79 Å². The number of ketones is 1. The SMILES string of the molecule is O=C1CCc2cc(C(=O)COC(=O)c3cc4c(s3)CCCC4)ccc2N1. The highest BCUT2D eigenvalue weighted by Crippen LogP contribution is 2.30. The van der Waals surface area contributed by atoms with Gasteiger partial charge in [0.25, 0.3) is 0 Å². The Hall–Kier alpha value is -2.47. The molecule has 1 aliphatic heterocycles. The van der Waals surface area contributed by atoms with Crippen molar-refractivity contribution in [1.82, 2.24) is 0 Å². The van der Waals surface area contributed by atoms with Crippen LogP contribution >= 0.6 is 11.3 Å². The number of carbonyl (C=O) groups is 3. The van der Waals surface area contributed by atoms with Crippen molar-refractivity contribution in [2.24, 2.45) is 0 Å². The molecule has 0 radical (unpaired) electrons. The van der Waals surface area contributed by atoms with Crippen LogP contribution in [-0.2, 0) is 28.8 Å². The molecule has 0 spiro atoms. The zero-order valence-corrected chi connectivity index (χ0v) is 15.1. The fraction of sp³-hybridized carbons (Fsp3) is 0.350. The summed E-state index contributed by atoms with van der Waals surface area (Å²) in [7, 11) is 0. The number of fused-ring (bicyclic) bond motifs is 2. The summed E-state index contributed by atoms with van der Waals surface area (Å²) in [6.45, 7) is -0.271. The van der Waals surface area contributed by atoms with Crippen LogP contribution in [-0.4, -0.2) is 24.3 Å². The monoisotopic (exact) mass is 369 g/mol. The van der Waals surface area contributed by atoms with Crippen LogP contribution in [0.15, 0.2) is 24.3 Å². The summed E-state index contributed by atoms with van der Waals surface area (Å²) in [4.78, 5) is 37.9. The lowest BCUT2D eigenvalue weighted by Gasteiger charge is -2.17. The Bertz CT molecular complexity index is 876. The Kier molecular flexibility index (Phi) is 4.59. The largest absolute Gasteiger partial charge is 0.453 e. The molecule has 1 N–H and O–H groups in total. The first-order chi connectivity index (χ1) is 12.6. The van der Waals surface area contributed by atoms with Crippen molar-refractivity contribution in [2.45, 2.75) is 38.5 Å². The van der Waals surface area contributed by atoms with E-state index in [1.165, 1.54) is 28.2 Å². The number of Topliss-reactive ketones (excluding diaryl/α,β-unsaturated/α-hetero) is 1. The highest BCUT2D eigenvalue weighted by Gasteiger charge is 2.20. The number of hydrogen-bond donors (Lipinski definition) is 1. The number of anilines is 1. The molecule has 4 rings (SSSR count). The second-order valence-electron chi connectivity index (χ2n) is 6.69. The third kappa shape index (κ3) is 3.42. The number of amides is 1. The van der Waals surface area contributed by atoms with E-state index >= 15 is 0 Å². The second-order valence-corrected chi connectivity index (χ2v) is 7.82. The lowest BCUT2D eigenvalue weighted by molar-refractivity contribution is -0.116. The summed E-state index contributed by atoms with van der Waals surface area (Å²) >= 11 is 1.48. The number of rotatable bonds is 4. The van der Waals surface area contributed by atoms with Crippen molar-refractivity contribution < 1.29 is 19.1 Å². The van der Waals surface area contributed by atoms with Crippen LogP contribution in [0.4, 0.5) is 5.69 Å². The molecule has 0 saturated carbocycles. The van der Waals surface area contributed by atoms with Crippen LogP contribution in [0.5, 0.6) is 0 Å². The van der Waals surface area contributed by atoms with Gasteiger partial charge in [0.05, 0.1) is 0 Å². The molecule has 5 nitrogen and oxygen atoms in total. The third-order valence-electron chi connectivity index (χ3n) is 4.85. The molecule has 0 bridgehead atoms. The highest BCUT2D eigenvalue weighted by molar-refractivity contribution is 7.14. The van der Waals surface area contributed by atoms with E-state index in [1.54, 1.807) is 18.2 Å². The zero-order chi connectivity index (χ0) is 18.1. The van der Waals surface area contributed by atoms with E-state index in [0.29, 0.717) is 23.3 Å². The van der Waals surface area contributed by atoms with Crippen molar-refractivity contribution in [3.8, 4) is 0 Å². The van der Waals surface area contributed by atoms with Gasteiger partial charge in [-0.3, -0.25) is 9.59 Å². The lowest BCUT2D eigenvalue weighted by atomic mass is 9.99. The molecule has 6 heteroatoms. The fourth-order valence-corrected chi connectivity index (χ4v) is 4.58. The molecule has 0 atom stereocenters. The number of thiophene rings is 1. The van der Waals surface area contributed by atoms with Crippen LogP contribution in [0.2, 0.25) is 0 Å². The van der Waals surface area contributed by atoms with Gasteiger partial charge in [-0.15, -0.1) is 11.3 Å². The Labute approximate surface area is 155 Å². The number of hydrogen-bond acceptors (Lipinski definition) is 5. The zero-order valence-electron chi connectivity index (χ0n) is 14.3. The molecule has 2 aliphatic rings. The molecule has 1 aromatic heterocycles. The number of esters is 1. The first-order valence-corrected chi connectivity index (χ1v) is 9.66. The van der Waals surface area contributed by atoms with Gasteiger partial charge in [-0.1, -0.05) is 0 Å². The maximum absolute atomic E-state index is 12.4. The van der Waals surface area contributed by atoms with E-state index in [-0.39, 0.29) is 18.3 Å². The molecular formula is C20H19NO4S. The van der Waals surface area contributed by atoms with Gasteiger partial charge in [0, 0.05) is 22.5 Å². The molecule has 0 saturated heterocycles. The predicted octanol–water partition coefficient (Wildman–Crippen LogP) is 3.55. The standard InChI is InChI=1S/C20H19NO4S/c22-16(13-5-7-15-12(9-13)6-8-19(23)21-15)11-25-20(24)18-10-14-3-1-2-4-17(14)26-18/h5,7,9-10H,1-4,6,8,11H2,(H,21,23). The third-order valence-corrected chi connectivity index (χ3v) is 6.07. The van der Waals surface area contributed by atoms with Gasteiger partial charge in [-0.2, -0.15) is 0 Å². The lowest BCUT2D eigenvalue weighted by Crippen LogP contribution is -2.20. The van der Waals surface area contributed by atoms with E-state index < -0.39 is 5.97 Å². The van der Waals surface area contributed by atoms with E-state index in [4.69, 9.17) is 4.74 Å². The smallest absolute Gasteiger partial charge is 0.348 e. The van der Waals surface area contributed by atoms with Crippen molar-refractivity contribution in [3.05, 3.63) is 50.7 Å². The molecule has 0 fully saturated rings. The molecule has 26 heavy (non-hydrogen) atoms. The molecule has 1 aromatic carbocycles.